The fourth-order valence-corrected chi connectivity index (χ4v) is 1.82. The van der Waals surface area contributed by atoms with E-state index >= 15 is 0 Å². The summed E-state index contributed by atoms with van der Waals surface area (Å²) in [6.07, 6.45) is 1.32. The average Bonchev–Trinajstić information content (AvgIpc) is 2.45. The fraction of sp³-hybridized carbons (Fsp3) is 0.214. The van der Waals surface area contributed by atoms with Crippen LogP contribution < -0.4 is 4.74 Å². The van der Waals surface area contributed by atoms with Gasteiger partial charge in [-0.25, -0.2) is 9.78 Å². The van der Waals surface area contributed by atoms with E-state index in [2.05, 4.69) is 14.7 Å². The highest BCUT2D eigenvalue weighted by molar-refractivity contribution is 5.90. The lowest BCUT2D eigenvalue weighted by atomic mass is 10.1. The Kier molecular flexibility index (Phi) is 3.93. The number of pyridine rings is 2. The molecule has 0 aliphatic rings. The molecule has 0 fully saturated rings. The molecule has 0 radical (unpaired) electrons. The first-order valence-corrected chi connectivity index (χ1v) is 5.82. The van der Waals surface area contributed by atoms with Crippen LogP contribution in [0.1, 0.15) is 16.1 Å². The summed E-state index contributed by atoms with van der Waals surface area (Å²) >= 11 is 0. The molecule has 6 heteroatoms. The van der Waals surface area contributed by atoms with E-state index < -0.39 is 11.9 Å². The van der Waals surface area contributed by atoms with Crippen LogP contribution in [0.25, 0.3) is 11.3 Å². The van der Waals surface area contributed by atoms with Gasteiger partial charge in [0.2, 0.25) is 5.95 Å². The summed E-state index contributed by atoms with van der Waals surface area (Å²) < 4.78 is 22.9. The molecule has 0 atom stereocenters. The second kappa shape index (κ2) is 5.64. The number of aryl methyl sites for hydroxylation is 1. The highest BCUT2D eigenvalue weighted by Gasteiger charge is 2.14. The van der Waals surface area contributed by atoms with Gasteiger partial charge in [0, 0.05) is 18.0 Å². The van der Waals surface area contributed by atoms with Crippen LogP contribution >= 0.6 is 0 Å². The predicted molar refractivity (Wildman–Crippen MR) is 70.1 cm³/mol. The number of carbonyl (C=O) groups excluding carboxylic acids is 1. The minimum atomic E-state index is -0.647. The second-order valence-corrected chi connectivity index (χ2v) is 4.08. The molecule has 2 aromatic heterocycles. The van der Waals surface area contributed by atoms with Gasteiger partial charge in [-0.3, -0.25) is 4.98 Å². The lowest BCUT2D eigenvalue weighted by Crippen LogP contribution is -2.04. The third kappa shape index (κ3) is 2.74. The van der Waals surface area contributed by atoms with Crippen molar-refractivity contribution >= 4 is 5.97 Å². The Morgan fingerprint density at radius 3 is 2.65 bits per heavy atom. The maximum Gasteiger partial charge on any atom is 0.337 e. The normalized spacial score (nSPS) is 10.2. The van der Waals surface area contributed by atoms with Gasteiger partial charge in [0.15, 0.2) is 0 Å². The van der Waals surface area contributed by atoms with E-state index in [1.165, 1.54) is 20.4 Å². The molecular weight excluding hydrogens is 263 g/mol. The number of halogens is 1. The Labute approximate surface area is 115 Å². The number of nitrogens with zero attached hydrogens (tertiary/aromatic N) is 2. The van der Waals surface area contributed by atoms with Crippen molar-refractivity contribution in [3.63, 3.8) is 0 Å². The number of aromatic nitrogens is 2. The van der Waals surface area contributed by atoms with Crippen molar-refractivity contribution in [3.05, 3.63) is 41.6 Å². The van der Waals surface area contributed by atoms with Crippen LogP contribution in [0.2, 0.25) is 0 Å². The molecular formula is C14H13FN2O3. The standard InChI is InChI=1S/C14H13FN2O3/c1-8-4-9(14(18)20-3)5-11(17-8)10-7-16-13(15)6-12(10)19-2/h4-7H,1-3H3. The van der Waals surface area contributed by atoms with Gasteiger partial charge in [-0.2, -0.15) is 4.39 Å². The number of hydrogen-bond donors (Lipinski definition) is 0. The van der Waals surface area contributed by atoms with Gasteiger partial charge in [-0.05, 0) is 19.1 Å². The Morgan fingerprint density at radius 1 is 1.25 bits per heavy atom. The van der Waals surface area contributed by atoms with E-state index in [-0.39, 0.29) is 0 Å². The van der Waals surface area contributed by atoms with Gasteiger partial charge in [-0.1, -0.05) is 0 Å². The quantitative estimate of drug-likeness (QED) is 0.636. The molecule has 0 aliphatic carbocycles. The maximum atomic E-state index is 13.1. The Balaban J connectivity index is 2.58. The zero-order valence-electron chi connectivity index (χ0n) is 11.3. The smallest absolute Gasteiger partial charge is 0.337 e. The van der Waals surface area contributed by atoms with Crippen LogP contribution in [0.3, 0.4) is 0 Å². The van der Waals surface area contributed by atoms with E-state index in [4.69, 9.17) is 4.74 Å². The van der Waals surface area contributed by atoms with Gasteiger partial charge < -0.3 is 9.47 Å². The first-order valence-electron chi connectivity index (χ1n) is 5.82. The summed E-state index contributed by atoms with van der Waals surface area (Å²) in [6.45, 7) is 1.75. The first-order chi connectivity index (χ1) is 9.55. The van der Waals surface area contributed by atoms with E-state index in [0.717, 1.165) is 6.07 Å². The molecule has 0 unspecified atom stereocenters. The summed E-state index contributed by atoms with van der Waals surface area (Å²) in [5.74, 6) is -0.816. The summed E-state index contributed by atoms with van der Waals surface area (Å²) in [5.41, 5.74) is 1.97. The zero-order valence-corrected chi connectivity index (χ0v) is 11.3. The summed E-state index contributed by atoms with van der Waals surface area (Å²) in [6, 6.07) is 4.33. The zero-order chi connectivity index (χ0) is 14.7. The highest BCUT2D eigenvalue weighted by atomic mass is 19.1. The van der Waals surface area contributed by atoms with E-state index in [1.807, 2.05) is 0 Å². The Bertz CT molecular complexity index is 659. The monoisotopic (exact) mass is 276 g/mol. The van der Waals surface area contributed by atoms with Gasteiger partial charge in [-0.15, -0.1) is 0 Å². The minimum absolute atomic E-state index is 0.298. The summed E-state index contributed by atoms with van der Waals surface area (Å²) in [7, 11) is 2.73. The van der Waals surface area contributed by atoms with Crippen LogP contribution in [0.15, 0.2) is 24.4 Å². The number of methoxy groups -OCH3 is 2. The Morgan fingerprint density at radius 2 is 2.00 bits per heavy atom. The van der Waals surface area contributed by atoms with Crippen molar-refractivity contribution in [1.29, 1.82) is 0 Å². The first kappa shape index (κ1) is 13.9. The van der Waals surface area contributed by atoms with Gasteiger partial charge >= 0.3 is 5.97 Å². The van der Waals surface area contributed by atoms with E-state index in [9.17, 15) is 9.18 Å². The van der Waals surface area contributed by atoms with Gasteiger partial charge in [0.25, 0.3) is 0 Å². The maximum absolute atomic E-state index is 13.1. The van der Waals surface area contributed by atoms with Crippen molar-refractivity contribution in [1.82, 2.24) is 9.97 Å². The molecule has 2 aromatic rings. The largest absolute Gasteiger partial charge is 0.496 e. The lowest BCUT2D eigenvalue weighted by Gasteiger charge is -2.09. The van der Waals surface area contributed by atoms with Crippen LogP contribution in [-0.4, -0.2) is 30.2 Å². The number of ether oxygens (including phenoxy) is 2. The second-order valence-electron chi connectivity index (χ2n) is 4.08. The van der Waals surface area contributed by atoms with Crippen LogP contribution in [-0.2, 0) is 4.74 Å². The molecule has 0 saturated heterocycles. The lowest BCUT2D eigenvalue weighted by molar-refractivity contribution is 0.0600. The molecule has 2 rings (SSSR count). The molecule has 5 nitrogen and oxygen atoms in total. The van der Waals surface area contributed by atoms with Crippen molar-refractivity contribution in [2.45, 2.75) is 6.92 Å². The molecule has 0 N–H and O–H groups in total. The molecule has 0 bridgehead atoms. The van der Waals surface area contributed by atoms with Crippen LogP contribution in [0.5, 0.6) is 5.75 Å². The van der Waals surface area contributed by atoms with Crippen molar-refractivity contribution in [3.8, 4) is 17.0 Å². The number of hydrogen-bond acceptors (Lipinski definition) is 5. The minimum Gasteiger partial charge on any atom is -0.496 e. The molecule has 0 saturated carbocycles. The SMILES string of the molecule is COC(=O)c1cc(C)nc(-c2cnc(F)cc2OC)c1. The number of rotatable bonds is 3. The average molecular weight is 276 g/mol. The third-order valence-electron chi connectivity index (χ3n) is 2.70. The fourth-order valence-electron chi connectivity index (χ4n) is 1.82. The van der Waals surface area contributed by atoms with E-state index in [0.29, 0.717) is 28.3 Å². The van der Waals surface area contributed by atoms with Crippen LogP contribution in [0.4, 0.5) is 4.39 Å². The molecule has 2 heterocycles. The number of esters is 1. The topological polar surface area (TPSA) is 61.3 Å². The van der Waals surface area contributed by atoms with Crippen LogP contribution in [0, 0.1) is 12.9 Å². The summed E-state index contributed by atoms with van der Waals surface area (Å²) in [4.78, 5) is 19.5. The third-order valence-corrected chi connectivity index (χ3v) is 2.70. The molecule has 0 aliphatic heterocycles. The van der Waals surface area contributed by atoms with E-state index in [1.54, 1.807) is 19.1 Å². The predicted octanol–water partition coefficient (Wildman–Crippen LogP) is 2.39. The van der Waals surface area contributed by atoms with Crippen molar-refractivity contribution in [2.24, 2.45) is 0 Å². The molecule has 0 aromatic carbocycles. The summed E-state index contributed by atoms with van der Waals surface area (Å²) in [5, 5.41) is 0. The Hall–Kier alpha value is -2.50. The molecule has 0 spiro atoms. The number of carbonyl (C=O) groups is 1. The van der Waals surface area contributed by atoms with Crippen molar-refractivity contribution < 1.29 is 18.7 Å². The highest BCUT2D eigenvalue weighted by Crippen LogP contribution is 2.29. The van der Waals surface area contributed by atoms with Gasteiger partial charge in [0.05, 0.1) is 31.0 Å². The van der Waals surface area contributed by atoms with Crippen molar-refractivity contribution in [2.75, 3.05) is 14.2 Å². The van der Waals surface area contributed by atoms with Gasteiger partial charge in [0.1, 0.15) is 5.75 Å². The molecule has 104 valence electrons. The molecule has 0 amide bonds. The molecule has 20 heavy (non-hydrogen) atoms.